The van der Waals surface area contributed by atoms with Gasteiger partial charge in [-0.3, -0.25) is 4.79 Å². The lowest BCUT2D eigenvalue weighted by Gasteiger charge is -2.10. The van der Waals surface area contributed by atoms with Gasteiger partial charge in [-0.25, -0.2) is 0 Å². The van der Waals surface area contributed by atoms with E-state index in [4.69, 9.17) is 17.3 Å². The number of nitrogens with zero attached hydrogens (tertiary/aromatic N) is 1. The number of aliphatic hydroxyl groups excluding tert-OH is 1. The van der Waals surface area contributed by atoms with E-state index in [1.54, 1.807) is 6.07 Å². The third kappa shape index (κ3) is 2.64. The number of aliphatic hydroxyl groups is 1. The summed E-state index contributed by atoms with van der Waals surface area (Å²) in [6, 6.07) is 19.0. The third-order valence-corrected chi connectivity index (χ3v) is 5.06. The molecule has 0 aliphatic carbocycles. The number of hydrogen-bond acceptors (Lipinski definition) is 2. The van der Waals surface area contributed by atoms with Crippen LogP contribution in [0.25, 0.3) is 21.8 Å². The standard InChI is InChI=1S/C21H17ClN2O2/c22-17-6-2-1-4-14(17)11-24-18-7-3-5-16(21(23)26)20(18)15-9-8-13(12-25)10-19(15)24/h1-10,25H,11-12H2,(H2,23,26). The smallest absolute Gasteiger partial charge is 0.249 e. The fraction of sp³-hybridized carbons (Fsp3) is 0.0952. The predicted octanol–water partition coefficient (Wildman–Crippen LogP) is 4.09. The van der Waals surface area contributed by atoms with Crippen LogP contribution in [0.2, 0.25) is 5.02 Å². The van der Waals surface area contributed by atoms with Crippen LogP contribution in [-0.2, 0) is 13.2 Å². The van der Waals surface area contributed by atoms with Crippen LogP contribution in [0.3, 0.4) is 0 Å². The molecule has 3 aromatic carbocycles. The molecule has 4 nitrogen and oxygen atoms in total. The van der Waals surface area contributed by atoms with Gasteiger partial charge in [0.25, 0.3) is 0 Å². The molecule has 0 aliphatic rings. The first-order valence-electron chi connectivity index (χ1n) is 8.28. The van der Waals surface area contributed by atoms with Gasteiger partial charge in [-0.05, 0) is 35.4 Å². The van der Waals surface area contributed by atoms with Crippen LogP contribution in [0.15, 0.2) is 60.7 Å². The van der Waals surface area contributed by atoms with Crippen molar-refractivity contribution in [3.8, 4) is 0 Å². The van der Waals surface area contributed by atoms with Gasteiger partial charge in [0, 0.05) is 33.4 Å². The lowest BCUT2D eigenvalue weighted by Crippen LogP contribution is -2.11. The summed E-state index contributed by atoms with van der Waals surface area (Å²) in [6.07, 6.45) is 0. The largest absolute Gasteiger partial charge is 0.392 e. The zero-order valence-electron chi connectivity index (χ0n) is 13.9. The molecule has 5 heteroatoms. The van der Waals surface area contributed by atoms with Crippen molar-refractivity contribution in [3.63, 3.8) is 0 Å². The van der Waals surface area contributed by atoms with Crippen molar-refractivity contribution in [1.82, 2.24) is 4.57 Å². The number of carbonyl (C=O) groups excluding carboxylic acids is 1. The van der Waals surface area contributed by atoms with Gasteiger partial charge in [-0.15, -0.1) is 0 Å². The zero-order valence-corrected chi connectivity index (χ0v) is 14.7. The fourth-order valence-corrected chi connectivity index (χ4v) is 3.66. The number of aromatic nitrogens is 1. The van der Waals surface area contributed by atoms with Gasteiger partial charge in [0.05, 0.1) is 12.1 Å². The van der Waals surface area contributed by atoms with Crippen molar-refractivity contribution in [3.05, 3.63) is 82.4 Å². The van der Waals surface area contributed by atoms with E-state index in [0.717, 1.165) is 32.9 Å². The van der Waals surface area contributed by atoms with Crippen molar-refractivity contribution in [2.24, 2.45) is 5.73 Å². The van der Waals surface area contributed by atoms with Gasteiger partial charge in [0.2, 0.25) is 5.91 Å². The molecule has 0 saturated heterocycles. The first-order valence-corrected chi connectivity index (χ1v) is 8.66. The number of primary amides is 1. The van der Waals surface area contributed by atoms with E-state index in [-0.39, 0.29) is 6.61 Å². The van der Waals surface area contributed by atoms with Crippen LogP contribution in [0.5, 0.6) is 0 Å². The molecule has 0 unspecified atom stereocenters. The summed E-state index contributed by atoms with van der Waals surface area (Å²) in [5.41, 5.74) is 9.72. The Hall–Kier alpha value is -2.82. The van der Waals surface area contributed by atoms with Crippen LogP contribution >= 0.6 is 11.6 Å². The highest BCUT2D eigenvalue weighted by atomic mass is 35.5. The minimum Gasteiger partial charge on any atom is -0.392 e. The van der Waals surface area contributed by atoms with E-state index in [9.17, 15) is 9.90 Å². The van der Waals surface area contributed by atoms with Gasteiger partial charge < -0.3 is 15.4 Å². The van der Waals surface area contributed by atoms with Crippen molar-refractivity contribution in [1.29, 1.82) is 0 Å². The number of hydrogen-bond donors (Lipinski definition) is 2. The molecule has 1 aromatic heterocycles. The van der Waals surface area contributed by atoms with E-state index in [1.807, 2.05) is 54.6 Å². The Morgan fingerprint density at radius 3 is 2.58 bits per heavy atom. The highest BCUT2D eigenvalue weighted by Crippen LogP contribution is 2.33. The lowest BCUT2D eigenvalue weighted by molar-refractivity contribution is 0.100. The van der Waals surface area contributed by atoms with Crippen molar-refractivity contribution in [2.75, 3.05) is 0 Å². The minimum absolute atomic E-state index is 0.0494. The SMILES string of the molecule is NC(=O)c1cccc2c1c1ccc(CO)cc1n2Cc1ccccc1Cl. The molecule has 130 valence electrons. The zero-order chi connectivity index (χ0) is 18.3. The Morgan fingerprint density at radius 1 is 1.04 bits per heavy atom. The Kier molecular flexibility index (Phi) is 4.15. The molecule has 4 aromatic rings. The summed E-state index contributed by atoms with van der Waals surface area (Å²) in [6.45, 7) is 0.503. The minimum atomic E-state index is -0.460. The first-order chi connectivity index (χ1) is 12.6. The molecule has 0 fully saturated rings. The Bertz CT molecular complexity index is 1150. The Balaban J connectivity index is 2.07. The maximum absolute atomic E-state index is 12.0. The molecule has 4 rings (SSSR count). The molecule has 3 N–H and O–H groups in total. The maximum atomic E-state index is 12.0. The molecule has 1 amide bonds. The summed E-state index contributed by atoms with van der Waals surface area (Å²) in [7, 11) is 0. The number of halogens is 1. The average molecular weight is 365 g/mol. The highest BCUT2D eigenvalue weighted by molar-refractivity contribution is 6.31. The van der Waals surface area contributed by atoms with Crippen LogP contribution in [-0.4, -0.2) is 15.6 Å². The number of fused-ring (bicyclic) bond motifs is 3. The molecule has 0 bridgehead atoms. The fourth-order valence-electron chi connectivity index (χ4n) is 3.46. The van der Waals surface area contributed by atoms with Crippen molar-refractivity contribution in [2.45, 2.75) is 13.2 Å². The molecule has 26 heavy (non-hydrogen) atoms. The van der Waals surface area contributed by atoms with E-state index < -0.39 is 5.91 Å². The Morgan fingerprint density at radius 2 is 1.85 bits per heavy atom. The second kappa shape index (κ2) is 6.48. The summed E-state index contributed by atoms with van der Waals surface area (Å²) in [5.74, 6) is -0.460. The molecular weight excluding hydrogens is 348 g/mol. The topological polar surface area (TPSA) is 68.2 Å². The number of benzene rings is 3. The van der Waals surface area contributed by atoms with E-state index in [2.05, 4.69) is 4.57 Å². The summed E-state index contributed by atoms with van der Waals surface area (Å²) in [5, 5.41) is 12.0. The summed E-state index contributed by atoms with van der Waals surface area (Å²) < 4.78 is 2.11. The molecular formula is C21H17ClN2O2. The van der Waals surface area contributed by atoms with Gasteiger partial charge in [-0.1, -0.05) is 48.0 Å². The van der Waals surface area contributed by atoms with E-state index in [1.165, 1.54) is 0 Å². The lowest BCUT2D eigenvalue weighted by atomic mass is 10.0. The number of carbonyl (C=O) groups is 1. The van der Waals surface area contributed by atoms with Crippen LogP contribution < -0.4 is 5.73 Å². The van der Waals surface area contributed by atoms with Crippen molar-refractivity contribution < 1.29 is 9.90 Å². The van der Waals surface area contributed by atoms with Gasteiger partial charge in [-0.2, -0.15) is 0 Å². The molecule has 0 saturated carbocycles. The maximum Gasteiger partial charge on any atom is 0.249 e. The number of rotatable bonds is 4. The van der Waals surface area contributed by atoms with Crippen LogP contribution in [0, 0.1) is 0 Å². The molecule has 0 aliphatic heterocycles. The van der Waals surface area contributed by atoms with Gasteiger partial charge in [0.1, 0.15) is 0 Å². The molecule has 0 spiro atoms. The van der Waals surface area contributed by atoms with E-state index in [0.29, 0.717) is 17.1 Å². The second-order valence-electron chi connectivity index (χ2n) is 6.25. The molecule has 0 radical (unpaired) electrons. The average Bonchev–Trinajstić information content (AvgIpc) is 2.96. The number of amides is 1. The predicted molar refractivity (Wildman–Crippen MR) is 104 cm³/mol. The Labute approximate surface area is 155 Å². The van der Waals surface area contributed by atoms with Crippen molar-refractivity contribution >= 4 is 39.3 Å². The normalized spacial score (nSPS) is 11.3. The number of nitrogens with two attached hydrogens (primary N) is 1. The first kappa shape index (κ1) is 16.6. The van der Waals surface area contributed by atoms with Gasteiger partial charge >= 0.3 is 0 Å². The van der Waals surface area contributed by atoms with Crippen LogP contribution in [0.1, 0.15) is 21.5 Å². The monoisotopic (exact) mass is 364 g/mol. The molecule has 1 heterocycles. The third-order valence-electron chi connectivity index (χ3n) is 4.69. The van der Waals surface area contributed by atoms with Gasteiger partial charge in [0.15, 0.2) is 0 Å². The van der Waals surface area contributed by atoms with E-state index >= 15 is 0 Å². The molecule has 0 atom stereocenters. The quantitative estimate of drug-likeness (QED) is 0.572. The second-order valence-corrected chi connectivity index (χ2v) is 6.66. The highest BCUT2D eigenvalue weighted by Gasteiger charge is 2.17. The summed E-state index contributed by atoms with van der Waals surface area (Å²) in [4.78, 5) is 12.0. The van der Waals surface area contributed by atoms with Crippen LogP contribution in [0.4, 0.5) is 0 Å². The summed E-state index contributed by atoms with van der Waals surface area (Å²) >= 11 is 6.36.